The second-order valence-electron chi connectivity index (χ2n) is 4.13. The maximum atomic E-state index is 9.48. The number of nitrogens with zero attached hydrogens (tertiary/aromatic N) is 3. The summed E-state index contributed by atoms with van der Waals surface area (Å²) in [5.74, 6) is 0. The summed E-state index contributed by atoms with van der Waals surface area (Å²) in [7, 11) is 0. The largest absolute Gasteiger partial charge is 0.389 e. The minimum absolute atomic E-state index is 0.447. The van der Waals surface area contributed by atoms with Crippen molar-refractivity contribution in [2.24, 2.45) is 0 Å². The summed E-state index contributed by atoms with van der Waals surface area (Å²) in [6.07, 6.45) is 2.67. The maximum absolute atomic E-state index is 9.48. The van der Waals surface area contributed by atoms with Gasteiger partial charge in [0.05, 0.1) is 12.4 Å². The van der Waals surface area contributed by atoms with E-state index in [2.05, 4.69) is 19.9 Å². The summed E-state index contributed by atoms with van der Waals surface area (Å²) in [5, 5.41) is 10.3. The first-order valence-corrected chi connectivity index (χ1v) is 6.65. The van der Waals surface area contributed by atoms with E-state index in [0.717, 1.165) is 21.0 Å². The van der Waals surface area contributed by atoms with E-state index >= 15 is 0 Å². The third-order valence-corrected chi connectivity index (χ3v) is 3.78. The van der Waals surface area contributed by atoms with Crippen LogP contribution in [0.15, 0.2) is 46.8 Å². The van der Waals surface area contributed by atoms with Crippen molar-refractivity contribution in [2.75, 3.05) is 0 Å². The van der Waals surface area contributed by atoms with Crippen LogP contribution in [-0.2, 0) is 0 Å². The lowest BCUT2D eigenvalue weighted by atomic mass is 10.1. The molecule has 1 atom stereocenters. The van der Waals surface area contributed by atoms with Gasteiger partial charge in [-0.1, -0.05) is 23.9 Å². The second-order valence-corrected chi connectivity index (χ2v) is 5.19. The Kier molecular flexibility index (Phi) is 3.18. The number of nitrogens with one attached hydrogen (secondary N) is 1. The smallest absolute Gasteiger partial charge is 0.181 e. The minimum Gasteiger partial charge on any atom is -0.389 e. The first-order valence-electron chi connectivity index (χ1n) is 5.84. The highest BCUT2D eigenvalue weighted by molar-refractivity contribution is 7.99. The van der Waals surface area contributed by atoms with Crippen LogP contribution in [0.4, 0.5) is 0 Å². The number of H-pyrrole nitrogens is 1. The van der Waals surface area contributed by atoms with Crippen LogP contribution in [0.3, 0.4) is 0 Å². The highest BCUT2D eigenvalue weighted by Gasteiger charge is 2.08. The number of aromatic nitrogens is 4. The number of hydrogen-bond acceptors (Lipinski definition) is 5. The van der Waals surface area contributed by atoms with Gasteiger partial charge < -0.3 is 10.1 Å². The van der Waals surface area contributed by atoms with E-state index in [1.165, 1.54) is 18.1 Å². The molecule has 0 saturated carbocycles. The fourth-order valence-corrected chi connectivity index (χ4v) is 2.59. The quantitative estimate of drug-likeness (QED) is 0.717. The van der Waals surface area contributed by atoms with Gasteiger partial charge in [0.25, 0.3) is 0 Å². The summed E-state index contributed by atoms with van der Waals surface area (Å²) in [6, 6.07) is 7.77. The predicted octanol–water partition coefficient (Wildman–Crippen LogP) is 2.56. The van der Waals surface area contributed by atoms with Gasteiger partial charge in [-0.05, 0) is 24.6 Å². The van der Waals surface area contributed by atoms with Gasteiger partial charge in [0, 0.05) is 4.90 Å². The van der Waals surface area contributed by atoms with Gasteiger partial charge in [0.1, 0.15) is 16.9 Å². The molecule has 0 amide bonds. The van der Waals surface area contributed by atoms with Crippen molar-refractivity contribution in [3.63, 3.8) is 0 Å². The van der Waals surface area contributed by atoms with E-state index < -0.39 is 6.10 Å². The molecule has 19 heavy (non-hydrogen) atoms. The van der Waals surface area contributed by atoms with E-state index in [9.17, 15) is 5.11 Å². The Bertz CT molecular complexity index is 693. The van der Waals surface area contributed by atoms with Crippen molar-refractivity contribution in [1.29, 1.82) is 0 Å². The van der Waals surface area contributed by atoms with Crippen LogP contribution in [-0.4, -0.2) is 25.0 Å². The van der Waals surface area contributed by atoms with Gasteiger partial charge in [-0.15, -0.1) is 0 Å². The predicted molar refractivity (Wildman–Crippen MR) is 72.9 cm³/mol. The van der Waals surface area contributed by atoms with Gasteiger partial charge in [0.15, 0.2) is 5.65 Å². The number of aromatic amines is 1. The highest BCUT2D eigenvalue weighted by atomic mass is 32.2. The Labute approximate surface area is 114 Å². The Balaban J connectivity index is 1.90. The zero-order valence-electron chi connectivity index (χ0n) is 10.2. The van der Waals surface area contributed by atoms with Gasteiger partial charge in [-0.25, -0.2) is 15.0 Å². The van der Waals surface area contributed by atoms with Crippen LogP contribution in [0.5, 0.6) is 0 Å². The van der Waals surface area contributed by atoms with Crippen molar-refractivity contribution in [3.8, 4) is 0 Å². The lowest BCUT2D eigenvalue weighted by Crippen LogP contribution is -1.90. The summed E-state index contributed by atoms with van der Waals surface area (Å²) in [5.41, 5.74) is 2.41. The van der Waals surface area contributed by atoms with Crippen molar-refractivity contribution < 1.29 is 5.11 Å². The molecule has 3 rings (SSSR count). The first-order chi connectivity index (χ1) is 9.24. The SMILES string of the molecule is C[C@@H](O)c1ccc(Sc2ncnc3nc[nH]c23)cc1. The summed E-state index contributed by atoms with van der Waals surface area (Å²) in [4.78, 5) is 16.5. The van der Waals surface area contributed by atoms with Crippen LogP contribution in [0.1, 0.15) is 18.6 Å². The zero-order valence-corrected chi connectivity index (χ0v) is 11.1. The summed E-state index contributed by atoms with van der Waals surface area (Å²) in [6.45, 7) is 1.75. The average Bonchev–Trinajstić information content (AvgIpc) is 2.89. The molecule has 0 radical (unpaired) electrons. The fraction of sp³-hybridized carbons (Fsp3) is 0.154. The summed E-state index contributed by atoms with van der Waals surface area (Å²) >= 11 is 1.54. The van der Waals surface area contributed by atoms with E-state index in [-0.39, 0.29) is 0 Å². The third kappa shape index (κ3) is 2.45. The monoisotopic (exact) mass is 272 g/mol. The van der Waals surface area contributed by atoms with Gasteiger partial charge in [-0.2, -0.15) is 0 Å². The molecule has 96 valence electrons. The van der Waals surface area contributed by atoms with E-state index in [4.69, 9.17) is 0 Å². The standard InChI is InChI=1S/C13H12N4OS/c1-8(18)9-2-4-10(5-3-9)19-13-11-12(15-6-14-11)16-7-17-13/h2-8,18H,1H3,(H,14,15,16,17)/t8-/m1/s1. The van der Waals surface area contributed by atoms with Crippen LogP contribution >= 0.6 is 11.8 Å². The average molecular weight is 272 g/mol. The fourth-order valence-electron chi connectivity index (χ4n) is 1.75. The van der Waals surface area contributed by atoms with Crippen molar-refractivity contribution in [1.82, 2.24) is 19.9 Å². The third-order valence-electron chi connectivity index (χ3n) is 2.77. The molecule has 3 aromatic rings. The van der Waals surface area contributed by atoms with Gasteiger partial charge >= 0.3 is 0 Å². The normalized spacial score (nSPS) is 12.7. The number of benzene rings is 1. The van der Waals surface area contributed by atoms with E-state index in [1.54, 1.807) is 13.3 Å². The maximum Gasteiger partial charge on any atom is 0.181 e. The Morgan fingerprint density at radius 3 is 2.68 bits per heavy atom. The molecule has 0 unspecified atom stereocenters. The van der Waals surface area contributed by atoms with Crippen LogP contribution < -0.4 is 0 Å². The molecule has 0 saturated heterocycles. The molecule has 0 fully saturated rings. The molecule has 0 spiro atoms. The van der Waals surface area contributed by atoms with Crippen LogP contribution in [0.2, 0.25) is 0 Å². The highest BCUT2D eigenvalue weighted by Crippen LogP contribution is 2.30. The topological polar surface area (TPSA) is 74.7 Å². The molecule has 0 aliphatic heterocycles. The number of aliphatic hydroxyl groups excluding tert-OH is 1. The lowest BCUT2D eigenvalue weighted by Gasteiger charge is -2.06. The number of imidazole rings is 1. The number of fused-ring (bicyclic) bond motifs is 1. The van der Waals surface area contributed by atoms with Gasteiger partial charge in [0.2, 0.25) is 0 Å². The van der Waals surface area contributed by atoms with E-state index in [0.29, 0.717) is 5.65 Å². The number of hydrogen-bond donors (Lipinski definition) is 2. The molecular weight excluding hydrogens is 260 g/mol. The molecule has 0 aliphatic carbocycles. The second kappa shape index (κ2) is 4.99. The Morgan fingerprint density at radius 2 is 1.95 bits per heavy atom. The molecular formula is C13H12N4OS. The van der Waals surface area contributed by atoms with Crippen LogP contribution in [0, 0.1) is 0 Å². The number of aliphatic hydroxyl groups is 1. The molecule has 2 N–H and O–H groups in total. The first kappa shape index (κ1) is 12.1. The zero-order chi connectivity index (χ0) is 13.2. The molecule has 0 aliphatic rings. The molecule has 2 heterocycles. The van der Waals surface area contributed by atoms with Crippen molar-refractivity contribution in [2.45, 2.75) is 22.9 Å². The van der Waals surface area contributed by atoms with Gasteiger partial charge in [-0.3, -0.25) is 0 Å². The lowest BCUT2D eigenvalue weighted by molar-refractivity contribution is 0.199. The minimum atomic E-state index is -0.447. The van der Waals surface area contributed by atoms with Crippen molar-refractivity contribution >= 4 is 22.9 Å². The Hall–Kier alpha value is -1.92. The molecule has 0 bridgehead atoms. The Morgan fingerprint density at radius 1 is 1.16 bits per heavy atom. The molecule has 1 aromatic carbocycles. The van der Waals surface area contributed by atoms with E-state index in [1.807, 2.05) is 24.3 Å². The van der Waals surface area contributed by atoms with Crippen molar-refractivity contribution in [3.05, 3.63) is 42.5 Å². The van der Waals surface area contributed by atoms with Crippen LogP contribution in [0.25, 0.3) is 11.2 Å². The molecule has 6 heteroatoms. The summed E-state index contributed by atoms with van der Waals surface area (Å²) < 4.78 is 0. The number of rotatable bonds is 3. The molecule has 2 aromatic heterocycles. The molecule has 5 nitrogen and oxygen atoms in total.